The van der Waals surface area contributed by atoms with Crippen molar-refractivity contribution in [3.8, 4) is 0 Å². The van der Waals surface area contributed by atoms with Crippen LogP contribution in [0.2, 0.25) is 5.02 Å². The Morgan fingerprint density at radius 3 is 2.77 bits per heavy atom. The molecule has 8 heteroatoms. The fourth-order valence-corrected chi connectivity index (χ4v) is 5.54. The third-order valence-electron chi connectivity index (χ3n) is 4.27. The molecule has 0 saturated heterocycles. The molecule has 0 unspecified atom stereocenters. The van der Waals surface area contributed by atoms with E-state index in [1.54, 1.807) is 29.3 Å². The van der Waals surface area contributed by atoms with Crippen molar-refractivity contribution in [1.82, 2.24) is 9.97 Å². The van der Waals surface area contributed by atoms with Gasteiger partial charge in [0.1, 0.15) is 0 Å². The van der Waals surface area contributed by atoms with E-state index in [0.717, 1.165) is 36.8 Å². The number of rotatable bonds is 7. The van der Waals surface area contributed by atoms with E-state index in [4.69, 9.17) is 11.6 Å². The first kappa shape index (κ1) is 21.1. The number of hydrogen-bond donors (Lipinski definition) is 1. The van der Waals surface area contributed by atoms with E-state index >= 15 is 0 Å². The highest BCUT2D eigenvalue weighted by Crippen LogP contribution is 2.29. The molecule has 0 aliphatic rings. The van der Waals surface area contributed by atoms with Crippen LogP contribution in [-0.2, 0) is 12.2 Å². The third kappa shape index (κ3) is 5.29. The summed E-state index contributed by atoms with van der Waals surface area (Å²) in [7, 11) is 0. The number of nitrogens with one attached hydrogen (secondary N) is 1. The zero-order valence-corrected chi connectivity index (χ0v) is 19.3. The average molecular weight is 472 g/mol. The second-order valence-corrected chi connectivity index (χ2v) is 10.1. The molecule has 4 rings (SSSR count). The number of carbonyl (C=O) groups excluding carboxylic acids is 1. The predicted molar refractivity (Wildman–Crippen MR) is 127 cm³/mol. The molecule has 0 atom stereocenters. The lowest BCUT2D eigenvalue weighted by atomic mass is 10.1. The largest absolute Gasteiger partial charge is 0.298 e. The Morgan fingerprint density at radius 2 is 1.97 bits per heavy atom. The summed E-state index contributed by atoms with van der Waals surface area (Å²) in [5, 5.41) is 7.35. The molecule has 0 radical (unpaired) electrons. The zero-order chi connectivity index (χ0) is 20.9. The maximum Gasteiger partial charge on any atom is 0.258 e. The summed E-state index contributed by atoms with van der Waals surface area (Å²) in [6, 6.07) is 15.4. The summed E-state index contributed by atoms with van der Waals surface area (Å²) < 4.78 is 0. The fraction of sp³-hybridized carbons (Fsp3) is 0.136. The number of hydrogen-bond acceptors (Lipinski definition) is 6. The average Bonchev–Trinajstić information content (AvgIpc) is 3.37. The lowest BCUT2D eigenvalue weighted by Crippen LogP contribution is -2.12. The highest BCUT2D eigenvalue weighted by Gasteiger charge is 2.14. The van der Waals surface area contributed by atoms with Crippen molar-refractivity contribution >= 4 is 57.1 Å². The lowest BCUT2D eigenvalue weighted by molar-refractivity contribution is 0.102. The Balaban J connectivity index is 1.43. The second-order valence-electron chi connectivity index (χ2n) is 6.50. The number of aromatic nitrogens is 2. The van der Waals surface area contributed by atoms with E-state index in [9.17, 15) is 4.79 Å². The van der Waals surface area contributed by atoms with Crippen molar-refractivity contribution in [2.75, 3.05) is 5.32 Å². The van der Waals surface area contributed by atoms with Gasteiger partial charge in [0.05, 0.1) is 16.3 Å². The van der Waals surface area contributed by atoms with Gasteiger partial charge in [0.25, 0.3) is 5.91 Å². The molecule has 0 aliphatic carbocycles. The molecule has 30 heavy (non-hydrogen) atoms. The summed E-state index contributed by atoms with van der Waals surface area (Å²) in [6.07, 6.45) is 2.47. The minimum absolute atomic E-state index is 0.161. The van der Waals surface area contributed by atoms with Crippen LogP contribution in [0.3, 0.4) is 0 Å². The Labute approximate surface area is 192 Å². The van der Waals surface area contributed by atoms with Crippen LogP contribution in [0, 0.1) is 6.92 Å². The first-order valence-electron chi connectivity index (χ1n) is 9.21. The van der Waals surface area contributed by atoms with Crippen molar-refractivity contribution in [3.63, 3.8) is 0 Å². The van der Waals surface area contributed by atoms with Crippen LogP contribution < -0.4 is 5.32 Å². The van der Waals surface area contributed by atoms with Crippen LogP contribution in [0.15, 0.2) is 65.0 Å². The quantitative estimate of drug-likeness (QED) is 0.305. The molecule has 0 aliphatic heterocycles. The first-order chi connectivity index (χ1) is 14.6. The Bertz CT molecular complexity index is 1170. The van der Waals surface area contributed by atoms with Crippen molar-refractivity contribution < 1.29 is 4.79 Å². The number of carbonyl (C=O) groups is 1. The normalized spacial score (nSPS) is 10.9. The van der Waals surface area contributed by atoms with E-state index in [1.165, 1.54) is 11.3 Å². The van der Waals surface area contributed by atoms with Gasteiger partial charge in [-0.2, -0.15) is 0 Å². The standard InChI is InChI=1S/C22H18ClN3OS3/c1-14-25-16(12-28-14)13-29-20-9-5-3-7-18(20)21(27)26-22-24-11-17(30-22)10-15-6-2-4-8-19(15)23/h2-9,11-12H,10,13H2,1H3,(H,24,26,27). The van der Waals surface area contributed by atoms with Gasteiger partial charge in [-0.1, -0.05) is 41.9 Å². The van der Waals surface area contributed by atoms with Gasteiger partial charge in [0, 0.05) is 38.5 Å². The molecule has 2 heterocycles. The van der Waals surface area contributed by atoms with E-state index in [1.807, 2.05) is 55.5 Å². The summed E-state index contributed by atoms with van der Waals surface area (Å²) in [5.74, 6) is 0.569. The van der Waals surface area contributed by atoms with E-state index in [2.05, 4.69) is 20.7 Å². The van der Waals surface area contributed by atoms with Crippen LogP contribution in [0.4, 0.5) is 5.13 Å². The second kappa shape index (κ2) is 9.75. The molecular weight excluding hydrogens is 454 g/mol. The van der Waals surface area contributed by atoms with Crippen LogP contribution in [-0.4, -0.2) is 15.9 Å². The van der Waals surface area contributed by atoms with Gasteiger partial charge in [-0.3, -0.25) is 10.1 Å². The number of halogens is 1. The van der Waals surface area contributed by atoms with Crippen molar-refractivity contribution in [2.24, 2.45) is 0 Å². The van der Waals surface area contributed by atoms with Gasteiger partial charge in [0.15, 0.2) is 5.13 Å². The van der Waals surface area contributed by atoms with E-state index in [-0.39, 0.29) is 5.91 Å². The number of aryl methyl sites for hydroxylation is 1. The number of anilines is 1. The van der Waals surface area contributed by atoms with Crippen LogP contribution in [0.25, 0.3) is 0 Å². The minimum atomic E-state index is -0.161. The van der Waals surface area contributed by atoms with E-state index < -0.39 is 0 Å². The van der Waals surface area contributed by atoms with Gasteiger partial charge in [-0.15, -0.1) is 34.4 Å². The molecule has 1 N–H and O–H groups in total. The maximum absolute atomic E-state index is 12.9. The molecule has 0 bridgehead atoms. The number of amides is 1. The predicted octanol–water partition coefficient (Wildman–Crippen LogP) is 6.70. The third-order valence-corrected chi connectivity index (χ3v) is 7.48. The Hall–Kier alpha value is -2.19. The lowest BCUT2D eigenvalue weighted by Gasteiger charge is -2.08. The fourth-order valence-electron chi connectivity index (χ4n) is 2.85. The van der Waals surface area contributed by atoms with Crippen LogP contribution in [0.1, 0.15) is 31.5 Å². The molecule has 2 aromatic heterocycles. The van der Waals surface area contributed by atoms with Crippen molar-refractivity contribution in [2.45, 2.75) is 24.0 Å². The highest BCUT2D eigenvalue weighted by molar-refractivity contribution is 7.98. The van der Waals surface area contributed by atoms with Gasteiger partial charge in [0.2, 0.25) is 0 Å². The van der Waals surface area contributed by atoms with Gasteiger partial charge in [-0.05, 0) is 30.7 Å². The Kier molecular flexibility index (Phi) is 6.84. The van der Waals surface area contributed by atoms with Gasteiger partial charge < -0.3 is 0 Å². The monoisotopic (exact) mass is 471 g/mol. The van der Waals surface area contributed by atoms with Crippen LogP contribution in [0.5, 0.6) is 0 Å². The molecule has 0 fully saturated rings. The number of nitrogens with zero attached hydrogens (tertiary/aromatic N) is 2. The summed E-state index contributed by atoms with van der Waals surface area (Å²) in [4.78, 5) is 23.7. The zero-order valence-electron chi connectivity index (χ0n) is 16.1. The molecule has 0 spiro atoms. The van der Waals surface area contributed by atoms with Gasteiger partial charge in [-0.25, -0.2) is 9.97 Å². The number of benzene rings is 2. The van der Waals surface area contributed by atoms with E-state index in [0.29, 0.717) is 17.1 Å². The number of thiazole rings is 2. The summed E-state index contributed by atoms with van der Waals surface area (Å²) in [6.45, 7) is 1.99. The van der Waals surface area contributed by atoms with Crippen molar-refractivity contribution in [1.29, 1.82) is 0 Å². The van der Waals surface area contributed by atoms with Crippen molar-refractivity contribution in [3.05, 3.63) is 91.8 Å². The molecule has 0 saturated carbocycles. The van der Waals surface area contributed by atoms with Gasteiger partial charge >= 0.3 is 0 Å². The first-order valence-corrected chi connectivity index (χ1v) is 12.3. The summed E-state index contributed by atoms with van der Waals surface area (Å²) >= 11 is 11.0. The molecule has 4 nitrogen and oxygen atoms in total. The smallest absolute Gasteiger partial charge is 0.258 e. The SMILES string of the molecule is Cc1nc(CSc2ccccc2C(=O)Nc2ncc(Cc3ccccc3Cl)s2)cs1. The van der Waals surface area contributed by atoms with Crippen LogP contribution >= 0.6 is 46.0 Å². The number of thioether (sulfide) groups is 1. The molecule has 152 valence electrons. The maximum atomic E-state index is 12.9. The molecular formula is C22H18ClN3OS3. The molecule has 1 amide bonds. The minimum Gasteiger partial charge on any atom is -0.298 e. The topological polar surface area (TPSA) is 54.9 Å². The highest BCUT2D eigenvalue weighted by atomic mass is 35.5. The summed E-state index contributed by atoms with van der Waals surface area (Å²) in [5.41, 5.74) is 2.71. The molecule has 2 aromatic carbocycles. The molecule has 4 aromatic rings. The Morgan fingerprint density at radius 1 is 1.17 bits per heavy atom.